The van der Waals surface area contributed by atoms with Crippen LogP contribution in [-0.4, -0.2) is 55.7 Å². The zero-order valence-electron chi connectivity index (χ0n) is 30.2. The molecule has 2 heterocycles. The molecular weight excluding hydrogens is 658 g/mol. The van der Waals surface area contributed by atoms with Gasteiger partial charge in [0.15, 0.2) is 0 Å². The average molecular weight is 715 g/mol. The molecule has 0 radical (unpaired) electrons. The molecule has 0 aromatic carbocycles. The maximum absolute atomic E-state index is 13.1. The summed E-state index contributed by atoms with van der Waals surface area (Å²) in [5.74, 6) is 2.60. The molecule has 0 amide bonds. The maximum atomic E-state index is 13.1. The summed E-state index contributed by atoms with van der Waals surface area (Å²) in [5, 5.41) is 33.5. The first-order valence-electron chi connectivity index (χ1n) is 18.3. The van der Waals surface area contributed by atoms with Gasteiger partial charge in [0.25, 0.3) is 0 Å². The molecule has 11 nitrogen and oxygen atoms in total. The third-order valence-electron chi connectivity index (χ3n) is 13.3. The molecule has 3 saturated carbocycles. The van der Waals surface area contributed by atoms with Crippen LogP contribution < -0.4 is 40.4 Å². The van der Waals surface area contributed by atoms with Gasteiger partial charge in [-0.3, -0.25) is 13.6 Å². The molecule has 6 rings (SSSR count). The Balaban J connectivity index is 0.00000468. The minimum absolute atomic E-state index is 0. The Kier molecular flexibility index (Phi) is 12.5. The van der Waals surface area contributed by atoms with E-state index in [2.05, 4.69) is 39.6 Å². The number of ether oxygens (including phenoxy) is 1. The van der Waals surface area contributed by atoms with E-state index in [1.807, 2.05) is 6.08 Å². The second kappa shape index (κ2) is 15.4. The zero-order valence-corrected chi connectivity index (χ0v) is 33.1. The van der Waals surface area contributed by atoms with Gasteiger partial charge in [0.2, 0.25) is 0 Å². The number of hydrogen-bond donors (Lipinski definition) is 3. The Morgan fingerprint density at radius 1 is 1.12 bits per heavy atom. The third kappa shape index (κ3) is 8.02. The summed E-state index contributed by atoms with van der Waals surface area (Å²) in [5.41, 5.74) is 0.494. The van der Waals surface area contributed by atoms with Gasteiger partial charge in [-0.2, -0.15) is 0 Å². The molecule has 0 bridgehead atoms. The summed E-state index contributed by atoms with van der Waals surface area (Å²) in [6.45, 7) is 11.5. The fraction of sp³-hybridized carbons (Fsp3) is 0.833. The van der Waals surface area contributed by atoms with Crippen LogP contribution in [0, 0.1) is 46.3 Å². The minimum atomic E-state index is -4.52. The molecule has 49 heavy (non-hydrogen) atoms. The van der Waals surface area contributed by atoms with Gasteiger partial charge >= 0.3 is 43.1 Å². The van der Waals surface area contributed by atoms with Gasteiger partial charge in [0.05, 0.1) is 24.9 Å². The van der Waals surface area contributed by atoms with Crippen LogP contribution in [-0.2, 0) is 18.3 Å². The second-order valence-corrected chi connectivity index (χ2v) is 17.9. The van der Waals surface area contributed by atoms with Crippen LogP contribution in [0.3, 0.4) is 0 Å². The van der Waals surface area contributed by atoms with E-state index in [1.54, 1.807) is 0 Å². The average Bonchev–Trinajstić information content (AvgIpc) is 3.55. The van der Waals surface area contributed by atoms with Crippen molar-refractivity contribution >= 4 is 7.82 Å². The Morgan fingerprint density at radius 2 is 1.88 bits per heavy atom. The minimum Gasteiger partial charge on any atom is -0.858 e. The maximum Gasteiger partial charge on any atom is 1.00 e. The fourth-order valence-electron chi connectivity index (χ4n) is 10.8. The summed E-state index contributed by atoms with van der Waals surface area (Å²) >= 11 is 0. The van der Waals surface area contributed by atoms with E-state index in [0.717, 1.165) is 35.0 Å². The van der Waals surface area contributed by atoms with Crippen LogP contribution in [0.1, 0.15) is 111 Å². The van der Waals surface area contributed by atoms with Gasteiger partial charge < -0.3 is 24.9 Å². The molecule has 0 spiro atoms. The first kappa shape index (κ1) is 39.6. The monoisotopic (exact) mass is 714 g/mol. The number of aliphatic hydroxyl groups is 2. The third-order valence-corrected chi connectivity index (χ3v) is 14.3. The van der Waals surface area contributed by atoms with Crippen molar-refractivity contribution < 1.29 is 68.1 Å². The van der Waals surface area contributed by atoms with Crippen molar-refractivity contribution in [3.63, 3.8) is 0 Å². The SMILES string of the molecule is CC(C)CCC[C@@H](C)[C@H]1CC[C@H]2[C@@H]3[C@@H](O)C=C4C[C@@H](OP(=O)(O)OC[C@H]5O[C@@H](n6ccc([O-])nc6=O)C[C@@H]5O)CC[C@]4(C)[C@H]3CC[C@]12C.[Na+]. The van der Waals surface area contributed by atoms with Crippen molar-refractivity contribution in [2.24, 2.45) is 46.3 Å². The molecule has 5 aliphatic rings. The smallest absolute Gasteiger partial charge is 0.858 e. The van der Waals surface area contributed by atoms with Crippen LogP contribution in [0.25, 0.3) is 0 Å². The predicted octanol–water partition coefficient (Wildman–Crippen LogP) is 2.48. The van der Waals surface area contributed by atoms with E-state index in [1.165, 1.54) is 44.7 Å². The topological polar surface area (TPSA) is 163 Å². The summed E-state index contributed by atoms with van der Waals surface area (Å²) < 4.78 is 30.9. The van der Waals surface area contributed by atoms with Gasteiger partial charge in [-0.1, -0.05) is 65.5 Å². The molecule has 3 N–H and O–H groups in total. The summed E-state index contributed by atoms with van der Waals surface area (Å²) in [7, 11) is -4.52. The fourth-order valence-corrected chi connectivity index (χ4v) is 11.7. The van der Waals surface area contributed by atoms with E-state index in [4.69, 9.17) is 13.8 Å². The molecule has 1 saturated heterocycles. The van der Waals surface area contributed by atoms with E-state index in [9.17, 15) is 29.6 Å². The molecule has 4 aliphatic carbocycles. The Hall–Kier alpha value is -0.590. The van der Waals surface area contributed by atoms with Crippen LogP contribution >= 0.6 is 7.82 Å². The van der Waals surface area contributed by atoms with Crippen molar-refractivity contribution in [2.75, 3.05) is 6.61 Å². The Morgan fingerprint density at radius 3 is 2.59 bits per heavy atom. The molecule has 1 aromatic rings. The van der Waals surface area contributed by atoms with E-state index in [0.29, 0.717) is 36.5 Å². The first-order valence-corrected chi connectivity index (χ1v) is 19.8. The normalized spacial score (nSPS) is 40.4. The molecule has 13 atom stereocenters. The largest absolute Gasteiger partial charge is 1.00 e. The van der Waals surface area contributed by atoms with Gasteiger partial charge in [-0.05, 0) is 103 Å². The number of nitrogens with zero attached hydrogens (tertiary/aromatic N) is 2. The van der Waals surface area contributed by atoms with Crippen LogP contribution in [0.2, 0.25) is 0 Å². The summed E-state index contributed by atoms with van der Waals surface area (Å²) in [6.07, 6.45) is 9.79. The molecular formula is C36H56N2NaO9P. The number of aromatic nitrogens is 2. The Labute approximate surface area is 313 Å². The van der Waals surface area contributed by atoms with Crippen molar-refractivity contribution in [3.8, 4) is 5.88 Å². The molecule has 270 valence electrons. The molecule has 1 aliphatic heterocycles. The predicted molar refractivity (Wildman–Crippen MR) is 178 cm³/mol. The van der Waals surface area contributed by atoms with Crippen molar-refractivity contribution in [2.45, 2.75) is 136 Å². The summed E-state index contributed by atoms with van der Waals surface area (Å²) in [4.78, 5) is 26.1. The van der Waals surface area contributed by atoms with Crippen molar-refractivity contribution in [1.29, 1.82) is 0 Å². The van der Waals surface area contributed by atoms with Crippen LogP contribution in [0.5, 0.6) is 5.88 Å². The number of fused-ring (bicyclic) bond motifs is 5. The van der Waals surface area contributed by atoms with E-state index < -0.39 is 56.6 Å². The number of phosphoric acid groups is 1. The molecule has 1 aromatic heterocycles. The second-order valence-electron chi connectivity index (χ2n) is 16.5. The Bertz CT molecular complexity index is 1460. The molecule has 13 heteroatoms. The standard InChI is InChI=1S/C36H57N2O9P.Na/c1-21(2)7-6-8-22(3)25-9-10-26-33-27(12-15-36(25,26)5)35(4)14-11-24(17-23(35)18-29(33)40)47-48(43,44)45-20-30-28(39)19-32(46-30)38-16-13-31(41)37-34(38)42;/h13,16,18,21-22,24-30,32-33,39-40H,6-12,14-15,17,19-20H2,1-5H3,(H,43,44)(H,37,41,42);/q;+1/p-1/t22-,24+,25-,26+,27+,28+,29+,30-,32-,33+,35+,36-;/m1./s1. The van der Waals surface area contributed by atoms with Crippen LogP contribution in [0.4, 0.5) is 0 Å². The number of rotatable bonds is 11. The van der Waals surface area contributed by atoms with Gasteiger partial charge in [0, 0.05) is 12.6 Å². The zero-order chi connectivity index (χ0) is 34.6. The van der Waals surface area contributed by atoms with E-state index >= 15 is 0 Å². The molecule has 4 fully saturated rings. The number of hydrogen-bond acceptors (Lipinski definition) is 9. The van der Waals surface area contributed by atoms with Crippen molar-refractivity contribution in [3.05, 3.63) is 34.4 Å². The number of phosphoric ester groups is 1. The van der Waals surface area contributed by atoms with Crippen molar-refractivity contribution in [1.82, 2.24) is 9.55 Å². The quantitative estimate of drug-likeness (QED) is 0.176. The van der Waals surface area contributed by atoms with Crippen LogP contribution in [0.15, 0.2) is 28.7 Å². The molecule has 1 unspecified atom stereocenters. The van der Waals surface area contributed by atoms with E-state index in [-0.39, 0.29) is 52.7 Å². The first-order chi connectivity index (χ1) is 22.6. The van der Waals surface area contributed by atoms with Gasteiger partial charge in [-0.15, -0.1) is 0 Å². The number of aliphatic hydroxyl groups excluding tert-OH is 2. The van der Waals surface area contributed by atoms with Gasteiger partial charge in [-0.25, -0.2) is 14.3 Å². The summed E-state index contributed by atoms with van der Waals surface area (Å²) in [6, 6.07) is 1.12. The van der Waals surface area contributed by atoms with Gasteiger partial charge in [0.1, 0.15) is 12.3 Å².